The molecule has 0 aromatic heterocycles. The van der Waals surface area contributed by atoms with Crippen LogP contribution in [-0.2, 0) is 0 Å². The van der Waals surface area contributed by atoms with Gasteiger partial charge in [0.2, 0.25) is 0 Å². The highest BCUT2D eigenvalue weighted by Crippen LogP contribution is 2.19. The maximum Gasteiger partial charge on any atom is 0.256 e. The molecule has 1 amide bonds. The first kappa shape index (κ1) is 12.9. The summed E-state index contributed by atoms with van der Waals surface area (Å²) in [6, 6.07) is 5.93. The van der Waals surface area contributed by atoms with E-state index in [2.05, 4.69) is 17.3 Å². The standard InChI is InChI=1S/C14H21N3O/c1-11-4-5-12(13(10-11)15-2)14(18)17-8-6-16(3)7-9-17/h4-5,10,15H,6-9H2,1-3H3. The molecule has 1 N–H and O–H groups in total. The zero-order chi connectivity index (χ0) is 13.1. The molecule has 1 aromatic rings. The van der Waals surface area contributed by atoms with Crippen LogP contribution in [0.5, 0.6) is 0 Å². The minimum atomic E-state index is 0.132. The lowest BCUT2D eigenvalue weighted by atomic mass is 10.1. The Morgan fingerprint density at radius 3 is 2.50 bits per heavy atom. The summed E-state index contributed by atoms with van der Waals surface area (Å²) in [7, 11) is 3.95. The Bertz CT molecular complexity index is 437. The van der Waals surface area contributed by atoms with Gasteiger partial charge in [0.1, 0.15) is 0 Å². The summed E-state index contributed by atoms with van der Waals surface area (Å²) in [6.45, 7) is 5.56. The lowest BCUT2D eigenvalue weighted by Gasteiger charge is -2.32. The van der Waals surface area contributed by atoms with Crippen molar-refractivity contribution in [3.05, 3.63) is 29.3 Å². The van der Waals surface area contributed by atoms with E-state index in [-0.39, 0.29) is 5.91 Å². The van der Waals surface area contributed by atoms with E-state index >= 15 is 0 Å². The summed E-state index contributed by atoms with van der Waals surface area (Å²) in [5, 5.41) is 3.11. The van der Waals surface area contributed by atoms with Crippen LogP contribution in [0.3, 0.4) is 0 Å². The number of rotatable bonds is 2. The van der Waals surface area contributed by atoms with Gasteiger partial charge < -0.3 is 15.1 Å². The molecule has 1 aliphatic heterocycles. The van der Waals surface area contributed by atoms with Gasteiger partial charge in [0, 0.05) is 38.9 Å². The van der Waals surface area contributed by atoms with E-state index < -0.39 is 0 Å². The van der Waals surface area contributed by atoms with Crippen LogP contribution >= 0.6 is 0 Å². The van der Waals surface area contributed by atoms with Gasteiger partial charge in [0.25, 0.3) is 5.91 Å². The molecule has 4 nitrogen and oxygen atoms in total. The summed E-state index contributed by atoms with van der Waals surface area (Å²) in [5.41, 5.74) is 2.85. The molecule has 18 heavy (non-hydrogen) atoms. The number of piperazine rings is 1. The predicted molar refractivity (Wildman–Crippen MR) is 74.1 cm³/mol. The molecule has 0 unspecified atom stereocenters. The van der Waals surface area contributed by atoms with E-state index in [1.807, 2.05) is 37.1 Å². The van der Waals surface area contributed by atoms with Crippen molar-refractivity contribution in [3.8, 4) is 0 Å². The van der Waals surface area contributed by atoms with Crippen molar-refractivity contribution in [2.45, 2.75) is 6.92 Å². The fraction of sp³-hybridized carbons (Fsp3) is 0.500. The van der Waals surface area contributed by atoms with Crippen LogP contribution in [0.4, 0.5) is 5.69 Å². The van der Waals surface area contributed by atoms with Crippen LogP contribution in [0.25, 0.3) is 0 Å². The van der Waals surface area contributed by atoms with Crippen molar-refractivity contribution in [2.24, 2.45) is 0 Å². The van der Waals surface area contributed by atoms with E-state index in [0.717, 1.165) is 43.0 Å². The number of amides is 1. The van der Waals surface area contributed by atoms with E-state index in [0.29, 0.717) is 0 Å². The molecule has 1 saturated heterocycles. The summed E-state index contributed by atoms with van der Waals surface area (Å²) < 4.78 is 0. The second-order valence-corrected chi connectivity index (χ2v) is 4.89. The summed E-state index contributed by atoms with van der Waals surface area (Å²) >= 11 is 0. The SMILES string of the molecule is CNc1cc(C)ccc1C(=O)N1CCN(C)CC1. The van der Waals surface area contributed by atoms with E-state index in [1.54, 1.807) is 0 Å². The van der Waals surface area contributed by atoms with Crippen LogP contribution < -0.4 is 5.32 Å². The minimum absolute atomic E-state index is 0.132. The van der Waals surface area contributed by atoms with Gasteiger partial charge in [-0.2, -0.15) is 0 Å². The average molecular weight is 247 g/mol. The van der Waals surface area contributed by atoms with E-state index in [1.165, 1.54) is 0 Å². The number of likely N-dealkylation sites (N-methyl/N-ethyl adjacent to an activating group) is 1. The number of nitrogens with one attached hydrogen (secondary N) is 1. The summed E-state index contributed by atoms with van der Waals surface area (Å²) in [6.07, 6.45) is 0. The van der Waals surface area contributed by atoms with E-state index in [9.17, 15) is 4.79 Å². The van der Waals surface area contributed by atoms with Gasteiger partial charge in [-0.3, -0.25) is 4.79 Å². The second-order valence-electron chi connectivity index (χ2n) is 4.89. The Morgan fingerprint density at radius 2 is 1.89 bits per heavy atom. The third kappa shape index (κ3) is 2.64. The number of carbonyl (C=O) groups is 1. The molecule has 1 aliphatic rings. The zero-order valence-electron chi connectivity index (χ0n) is 11.4. The maximum atomic E-state index is 12.5. The van der Waals surface area contributed by atoms with Gasteiger partial charge in [0.05, 0.1) is 5.56 Å². The first-order chi connectivity index (χ1) is 8.61. The molecule has 1 aromatic carbocycles. The molecule has 0 saturated carbocycles. The third-order valence-corrected chi connectivity index (χ3v) is 3.47. The number of nitrogens with zero attached hydrogens (tertiary/aromatic N) is 2. The van der Waals surface area contributed by atoms with Gasteiger partial charge in [-0.25, -0.2) is 0 Å². The molecule has 2 rings (SSSR count). The number of hydrogen-bond donors (Lipinski definition) is 1. The monoisotopic (exact) mass is 247 g/mol. The molecule has 0 spiro atoms. The Balaban J connectivity index is 2.18. The van der Waals surface area contributed by atoms with Crippen LogP contribution in [0.1, 0.15) is 15.9 Å². The van der Waals surface area contributed by atoms with Crippen LogP contribution in [-0.4, -0.2) is 56.0 Å². The summed E-state index contributed by atoms with van der Waals surface area (Å²) in [5.74, 6) is 0.132. The lowest BCUT2D eigenvalue weighted by molar-refractivity contribution is 0.0665. The maximum absolute atomic E-state index is 12.5. The molecule has 0 bridgehead atoms. The van der Waals surface area contributed by atoms with Gasteiger partial charge in [-0.05, 0) is 31.7 Å². The molecule has 1 fully saturated rings. The molecular formula is C14H21N3O. The van der Waals surface area contributed by atoms with Crippen LogP contribution in [0.15, 0.2) is 18.2 Å². The number of carbonyl (C=O) groups excluding carboxylic acids is 1. The van der Waals surface area contributed by atoms with Crippen molar-refractivity contribution in [1.82, 2.24) is 9.80 Å². The average Bonchev–Trinajstić information content (AvgIpc) is 2.38. The summed E-state index contributed by atoms with van der Waals surface area (Å²) in [4.78, 5) is 16.6. The van der Waals surface area contributed by atoms with E-state index in [4.69, 9.17) is 0 Å². The smallest absolute Gasteiger partial charge is 0.256 e. The molecule has 0 aliphatic carbocycles. The Hall–Kier alpha value is -1.55. The second kappa shape index (κ2) is 5.40. The normalized spacial score (nSPS) is 16.7. The first-order valence-corrected chi connectivity index (χ1v) is 6.38. The fourth-order valence-corrected chi connectivity index (χ4v) is 2.23. The fourth-order valence-electron chi connectivity index (χ4n) is 2.23. The third-order valence-electron chi connectivity index (χ3n) is 3.47. The van der Waals surface area contributed by atoms with Crippen molar-refractivity contribution in [1.29, 1.82) is 0 Å². The Morgan fingerprint density at radius 1 is 1.22 bits per heavy atom. The van der Waals surface area contributed by atoms with Crippen molar-refractivity contribution in [2.75, 3.05) is 45.6 Å². The topological polar surface area (TPSA) is 35.6 Å². The van der Waals surface area contributed by atoms with Crippen molar-refractivity contribution >= 4 is 11.6 Å². The largest absolute Gasteiger partial charge is 0.387 e. The van der Waals surface area contributed by atoms with Crippen molar-refractivity contribution in [3.63, 3.8) is 0 Å². The van der Waals surface area contributed by atoms with Gasteiger partial charge in [-0.1, -0.05) is 6.07 Å². The number of anilines is 1. The molecule has 0 atom stereocenters. The van der Waals surface area contributed by atoms with Gasteiger partial charge >= 0.3 is 0 Å². The number of benzene rings is 1. The lowest BCUT2D eigenvalue weighted by Crippen LogP contribution is -2.47. The number of hydrogen-bond acceptors (Lipinski definition) is 3. The molecule has 1 heterocycles. The Kier molecular flexibility index (Phi) is 3.87. The first-order valence-electron chi connectivity index (χ1n) is 6.38. The van der Waals surface area contributed by atoms with Crippen molar-refractivity contribution < 1.29 is 4.79 Å². The van der Waals surface area contributed by atoms with Crippen LogP contribution in [0.2, 0.25) is 0 Å². The highest BCUT2D eigenvalue weighted by molar-refractivity contribution is 5.99. The van der Waals surface area contributed by atoms with Gasteiger partial charge in [0.15, 0.2) is 0 Å². The molecule has 0 radical (unpaired) electrons. The zero-order valence-corrected chi connectivity index (χ0v) is 11.4. The Labute approximate surface area is 109 Å². The molecule has 98 valence electrons. The molecular weight excluding hydrogens is 226 g/mol. The number of aryl methyl sites for hydroxylation is 1. The van der Waals surface area contributed by atoms with Gasteiger partial charge in [-0.15, -0.1) is 0 Å². The van der Waals surface area contributed by atoms with Crippen LogP contribution in [0, 0.1) is 6.92 Å². The minimum Gasteiger partial charge on any atom is -0.387 e. The molecule has 4 heteroatoms. The predicted octanol–water partition coefficient (Wildman–Crippen LogP) is 1.42. The highest BCUT2D eigenvalue weighted by Gasteiger charge is 2.22. The quantitative estimate of drug-likeness (QED) is 0.858. The highest BCUT2D eigenvalue weighted by atomic mass is 16.2.